The lowest BCUT2D eigenvalue weighted by molar-refractivity contribution is 0.0300. The van der Waals surface area contributed by atoms with Gasteiger partial charge in [-0.15, -0.1) is 0 Å². The van der Waals surface area contributed by atoms with E-state index >= 15 is 0 Å². The molecule has 0 bridgehead atoms. The van der Waals surface area contributed by atoms with Crippen LogP contribution < -0.4 is 0 Å². The molecule has 0 aromatic rings. The second-order valence-corrected chi connectivity index (χ2v) is 3.24. The van der Waals surface area contributed by atoms with Gasteiger partial charge in [0.05, 0.1) is 6.23 Å². The molecule has 1 saturated heterocycles. The van der Waals surface area contributed by atoms with Crippen LogP contribution in [-0.2, 0) is 3.79 Å². The summed E-state index contributed by atoms with van der Waals surface area (Å²) in [6.07, 6.45) is 0.427. The summed E-state index contributed by atoms with van der Waals surface area (Å²) in [5, 5.41) is 0. The first-order valence-electron chi connectivity index (χ1n) is 2.12. The van der Waals surface area contributed by atoms with E-state index in [1.54, 1.807) is 0 Å². The molecule has 1 aliphatic heterocycles. The summed E-state index contributed by atoms with van der Waals surface area (Å²) in [5.74, 6) is 0. The lowest BCUT2D eigenvalue weighted by Crippen LogP contribution is -2.48. The summed E-state index contributed by atoms with van der Waals surface area (Å²) in [7, 11) is 2.10. The highest BCUT2D eigenvalue weighted by molar-refractivity contribution is 6.26. The van der Waals surface area contributed by atoms with Gasteiger partial charge in [0.15, 0.2) is 0 Å². The molecule has 6 heavy (non-hydrogen) atoms. The fourth-order valence-electron chi connectivity index (χ4n) is 0.373. The van der Waals surface area contributed by atoms with Crippen molar-refractivity contribution < 1.29 is 3.79 Å². The summed E-state index contributed by atoms with van der Waals surface area (Å²) in [6, 6.07) is 0. The fourth-order valence-corrected chi connectivity index (χ4v) is 1.12. The molecule has 1 heterocycles. The minimum Gasteiger partial charge on any atom is -0.478 e. The average Bonchev–Trinajstić information content (AvgIpc) is 1.61. The molecule has 0 aliphatic carbocycles. The average molecular weight is 101 g/mol. The van der Waals surface area contributed by atoms with Crippen molar-refractivity contribution in [2.75, 3.05) is 7.05 Å². The van der Waals surface area contributed by atoms with E-state index in [1.807, 2.05) is 0 Å². The van der Waals surface area contributed by atoms with Crippen LogP contribution in [-0.4, -0.2) is 32.9 Å². The van der Waals surface area contributed by atoms with Gasteiger partial charge in [0.1, 0.15) is 0 Å². The van der Waals surface area contributed by atoms with Crippen LogP contribution in [0.1, 0.15) is 6.92 Å². The van der Waals surface area contributed by atoms with E-state index in [2.05, 4.69) is 17.9 Å². The maximum atomic E-state index is 5.11. The maximum absolute atomic E-state index is 5.11. The van der Waals surface area contributed by atoms with Crippen molar-refractivity contribution in [3.05, 3.63) is 0 Å². The molecular weight excluding hydrogens is 93.0 g/mol. The third-order valence-corrected chi connectivity index (χ3v) is 2.69. The van der Waals surface area contributed by atoms with E-state index in [4.69, 9.17) is 3.79 Å². The van der Waals surface area contributed by atoms with Crippen LogP contribution in [0.15, 0.2) is 0 Å². The first-order valence-corrected chi connectivity index (χ1v) is 3.33. The van der Waals surface area contributed by atoms with E-state index in [1.165, 1.54) is 0 Å². The Kier molecular flexibility index (Phi) is 1.16. The molecule has 3 heteroatoms. The van der Waals surface area contributed by atoms with Crippen molar-refractivity contribution in [1.82, 2.24) is 3.88 Å². The zero-order valence-corrected chi connectivity index (χ0v) is 5.55. The third-order valence-electron chi connectivity index (χ3n) is 1.14. The van der Waals surface area contributed by atoms with Crippen LogP contribution in [0, 0.1) is 0 Å². The highest BCUT2D eigenvalue weighted by Gasteiger charge is 2.22. The predicted octanol–water partition coefficient (Wildman–Crippen LogP) is -0.439. The molecular formula is C3H8AlNO. The van der Waals surface area contributed by atoms with Crippen LogP contribution in [0.3, 0.4) is 0 Å². The molecule has 0 spiro atoms. The Morgan fingerprint density at radius 3 is 2.33 bits per heavy atom. The number of nitrogens with zero attached hydrogens (tertiary/aromatic N) is 1. The summed E-state index contributed by atoms with van der Waals surface area (Å²) in [6.45, 7) is 2.07. The predicted molar refractivity (Wildman–Crippen MR) is 25.5 cm³/mol. The van der Waals surface area contributed by atoms with Crippen molar-refractivity contribution in [2.45, 2.75) is 13.2 Å². The van der Waals surface area contributed by atoms with Gasteiger partial charge in [0.25, 0.3) is 0 Å². The minimum atomic E-state index is -0.185. The molecule has 1 aliphatic rings. The van der Waals surface area contributed by atoms with Gasteiger partial charge in [-0.25, -0.2) is 0 Å². The number of hydrogen-bond donors (Lipinski definition) is 0. The molecule has 0 radical (unpaired) electrons. The molecule has 1 unspecified atom stereocenters. The smallest absolute Gasteiger partial charge is 0.478 e. The molecule has 2 nitrogen and oxygen atoms in total. The van der Waals surface area contributed by atoms with Crippen LogP contribution in [0.25, 0.3) is 0 Å². The molecule has 0 aromatic heterocycles. The second kappa shape index (κ2) is 1.51. The minimum absolute atomic E-state index is 0.185. The van der Waals surface area contributed by atoms with E-state index in [9.17, 15) is 0 Å². The summed E-state index contributed by atoms with van der Waals surface area (Å²) < 4.78 is 7.37. The van der Waals surface area contributed by atoms with Gasteiger partial charge in [-0.2, -0.15) is 0 Å². The van der Waals surface area contributed by atoms with Gasteiger partial charge in [0, 0.05) is 0 Å². The van der Waals surface area contributed by atoms with Gasteiger partial charge < -0.3 is 7.67 Å². The third kappa shape index (κ3) is 0.594. The molecule has 0 aromatic carbocycles. The largest absolute Gasteiger partial charge is 0.557 e. The van der Waals surface area contributed by atoms with Crippen molar-refractivity contribution in [3.63, 3.8) is 0 Å². The Labute approximate surface area is 44.3 Å². The van der Waals surface area contributed by atoms with Crippen LogP contribution in [0.5, 0.6) is 0 Å². The van der Waals surface area contributed by atoms with Crippen LogP contribution in [0.2, 0.25) is 0 Å². The standard InChI is InChI=1S/C3H7NO.Al.H/c1-3(5)4-2;;/h3H,1-2H3;;/q-2;+2;. The quantitative estimate of drug-likeness (QED) is 0.383. The molecule has 0 saturated carbocycles. The lowest BCUT2D eigenvalue weighted by atomic mass is 10.7. The molecule has 34 valence electrons. The number of rotatable bonds is 0. The van der Waals surface area contributed by atoms with Crippen LogP contribution in [0.4, 0.5) is 0 Å². The van der Waals surface area contributed by atoms with Gasteiger partial charge in [-0.3, -0.25) is 0 Å². The summed E-state index contributed by atoms with van der Waals surface area (Å²) >= 11 is -0.185. The topological polar surface area (TPSA) is 12.5 Å². The Morgan fingerprint density at radius 1 is 1.83 bits per heavy atom. The molecule has 1 rings (SSSR count). The highest BCUT2D eigenvalue weighted by atomic mass is 27.2. The summed E-state index contributed by atoms with van der Waals surface area (Å²) in [4.78, 5) is 0. The first kappa shape index (κ1) is 4.61. The summed E-state index contributed by atoms with van der Waals surface area (Å²) in [5.41, 5.74) is 0. The van der Waals surface area contributed by atoms with Crippen molar-refractivity contribution in [2.24, 2.45) is 0 Å². The monoisotopic (exact) mass is 101 g/mol. The maximum Gasteiger partial charge on any atom is 0.557 e. The first-order chi connectivity index (χ1) is 2.80. The Morgan fingerprint density at radius 2 is 2.33 bits per heavy atom. The Bertz CT molecular complexity index is 50.8. The van der Waals surface area contributed by atoms with Crippen molar-refractivity contribution in [3.8, 4) is 0 Å². The number of hydrogen-bond acceptors (Lipinski definition) is 2. The Balaban J connectivity index is 2.20. The molecule has 1 atom stereocenters. The van der Waals surface area contributed by atoms with Crippen LogP contribution >= 0.6 is 0 Å². The lowest BCUT2D eigenvalue weighted by Gasteiger charge is -2.34. The SMILES string of the molecule is CC1[O][AlH][N]1C. The zero-order valence-electron chi connectivity index (χ0n) is 4.14. The van der Waals surface area contributed by atoms with E-state index in [0.29, 0.717) is 6.23 Å². The molecule has 0 N–H and O–H groups in total. The van der Waals surface area contributed by atoms with Gasteiger partial charge in [0.2, 0.25) is 0 Å². The van der Waals surface area contributed by atoms with E-state index in [0.717, 1.165) is 0 Å². The van der Waals surface area contributed by atoms with Gasteiger partial charge >= 0.3 is 15.8 Å². The molecule has 0 amide bonds. The highest BCUT2D eigenvalue weighted by Crippen LogP contribution is 2.04. The normalized spacial score (nSPS) is 34.7. The second-order valence-electron chi connectivity index (χ2n) is 1.65. The van der Waals surface area contributed by atoms with Crippen molar-refractivity contribution >= 4 is 15.8 Å². The van der Waals surface area contributed by atoms with Crippen molar-refractivity contribution in [1.29, 1.82) is 0 Å². The van der Waals surface area contributed by atoms with Gasteiger partial charge in [-0.1, -0.05) is 0 Å². The van der Waals surface area contributed by atoms with E-state index < -0.39 is 0 Å². The fraction of sp³-hybridized carbons (Fsp3) is 1.00. The molecule has 1 fully saturated rings. The Hall–Kier alpha value is 0.452. The van der Waals surface area contributed by atoms with Gasteiger partial charge in [-0.05, 0) is 14.0 Å². The van der Waals surface area contributed by atoms with E-state index in [-0.39, 0.29) is 15.8 Å². The zero-order chi connectivity index (χ0) is 4.57.